The Bertz CT molecular complexity index is 828. The van der Waals surface area contributed by atoms with Crippen LogP contribution in [-0.4, -0.2) is 42.4 Å². The molecule has 2 N–H and O–H groups in total. The summed E-state index contributed by atoms with van der Waals surface area (Å²) < 4.78 is 13.5. The Morgan fingerprint density at radius 1 is 1.22 bits per heavy atom. The van der Waals surface area contributed by atoms with Crippen molar-refractivity contribution in [1.82, 2.24) is 10.2 Å². The Labute approximate surface area is 161 Å². The Morgan fingerprint density at radius 2 is 2.00 bits per heavy atom. The summed E-state index contributed by atoms with van der Waals surface area (Å²) in [5.41, 5.74) is -0.312. The van der Waals surface area contributed by atoms with E-state index >= 15 is 0 Å². The van der Waals surface area contributed by atoms with E-state index in [9.17, 15) is 14.0 Å². The number of hydrogen-bond acceptors (Lipinski definition) is 4. The fourth-order valence-corrected chi connectivity index (χ4v) is 3.86. The minimum Gasteiger partial charge on any atom is -0.371 e. The normalized spacial score (nSPS) is 16.3. The van der Waals surface area contributed by atoms with Gasteiger partial charge in [-0.1, -0.05) is 12.1 Å². The number of thiophene rings is 1. The van der Waals surface area contributed by atoms with Gasteiger partial charge >= 0.3 is 0 Å². The molecule has 3 rings (SSSR count). The highest BCUT2D eigenvalue weighted by molar-refractivity contribution is 7.10. The highest BCUT2D eigenvalue weighted by Gasteiger charge is 2.41. The number of likely N-dealkylation sites (tertiary alicyclic amines) is 1. The van der Waals surface area contributed by atoms with E-state index in [1.807, 2.05) is 17.5 Å². The van der Waals surface area contributed by atoms with Crippen molar-refractivity contribution in [1.29, 1.82) is 0 Å². The minimum atomic E-state index is -0.864. The Kier molecular flexibility index (Phi) is 5.91. The molecule has 2 heterocycles. The van der Waals surface area contributed by atoms with Gasteiger partial charge in [0.15, 0.2) is 0 Å². The molecular formula is C20H22FN3O2S. The monoisotopic (exact) mass is 387 g/mol. The molecule has 142 valence electrons. The number of amides is 2. The number of anilines is 1. The highest BCUT2D eigenvalue weighted by Crippen LogP contribution is 2.28. The second-order valence-corrected chi connectivity index (χ2v) is 7.45. The molecule has 0 spiro atoms. The Morgan fingerprint density at radius 3 is 2.63 bits per heavy atom. The molecule has 1 saturated heterocycles. The number of hydrogen-bond donors (Lipinski definition) is 2. The van der Waals surface area contributed by atoms with E-state index in [2.05, 4.69) is 10.6 Å². The first-order chi connectivity index (χ1) is 13.0. The van der Waals surface area contributed by atoms with Crippen LogP contribution in [0.1, 0.15) is 17.7 Å². The third-order valence-corrected chi connectivity index (χ3v) is 5.57. The van der Waals surface area contributed by atoms with Crippen LogP contribution >= 0.6 is 11.3 Å². The SMILES string of the molecule is CNC(=O)C1(Nc2cccc(F)c2)CCN(C(=O)/C=C/c2cccs2)CC1. The summed E-state index contributed by atoms with van der Waals surface area (Å²) in [6.07, 6.45) is 4.26. The van der Waals surface area contributed by atoms with Crippen LogP contribution in [0.25, 0.3) is 6.08 Å². The molecule has 7 heteroatoms. The van der Waals surface area contributed by atoms with Crippen molar-refractivity contribution in [3.8, 4) is 0 Å². The smallest absolute Gasteiger partial charge is 0.246 e. The summed E-state index contributed by atoms with van der Waals surface area (Å²) in [7, 11) is 1.58. The van der Waals surface area contributed by atoms with Crippen LogP contribution in [0, 0.1) is 5.82 Å². The van der Waals surface area contributed by atoms with E-state index in [-0.39, 0.29) is 17.6 Å². The predicted octanol–water partition coefficient (Wildman–Crippen LogP) is 3.12. The van der Waals surface area contributed by atoms with Crippen molar-refractivity contribution in [2.24, 2.45) is 0 Å². The van der Waals surface area contributed by atoms with Gasteiger partial charge in [0, 0.05) is 36.8 Å². The first-order valence-corrected chi connectivity index (χ1v) is 9.67. The lowest BCUT2D eigenvalue weighted by Gasteiger charge is -2.41. The average molecular weight is 387 g/mol. The Balaban J connectivity index is 1.68. The number of carbonyl (C=O) groups is 2. The average Bonchev–Trinajstić information content (AvgIpc) is 3.19. The maximum absolute atomic E-state index is 13.5. The highest BCUT2D eigenvalue weighted by atomic mass is 32.1. The van der Waals surface area contributed by atoms with Gasteiger partial charge in [0.25, 0.3) is 0 Å². The van der Waals surface area contributed by atoms with Gasteiger partial charge in [-0.15, -0.1) is 11.3 Å². The zero-order valence-corrected chi connectivity index (χ0v) is 15.9. The van der Waals surface area contributed by atoms with Crippen molar-refractivity contribution < 1.29 is 14.0 Å². The molecule has 1 aliphatic heterocycles. The quantitative estimate of drug-likeness (QED) is 0.775. The van der Waals surface area contributed by atoms with Crippen LogP contribution in [0.5, 0.6) is 0 Å². The zero-order chi connectivity index (χ0) is 19.3. The first-order valence-electron chi connectivity index (χ1n) is 8.79. The molecule has 1 aromatic carbocycles. The van der Waals surface area contributed by atoms with Crippen molar-refractivity contribution >= 4 is 34.9 Å². The summed E-state index contributed by atoms with van der Waals surface area (Å²) in [5, 5.41) is 7.84. The lowest BCUT2D eigenvalue weighted by Crippen LogP contribution is -2.58. The van der Waals surface area contributed by atoms with Crippen LogP contribution in [0.3, 0.4) is 0 Å². The van der Waals surface area contributed by atoms with Crippen LogP contribution in [-0.2, 0) is 9.59 Å². The number of rotatable bonds is 5. The molecule has 1 aromatic heterocycles. The number of likely N-dealkylation sites (N-methyl/N-ethyl adjacent to an activating group) is 1. The van der Waals surface area contributed by atoms with Gasteiger partial charge in [0.05, 0.1) is 0 Å². The van der Waals surface area contributed by atoms with E-state index in [0.717, 1.165) is 4.88 Å². The number of piperidine rings is 1. The summed E-state index contributed by atoms with van der Waals surface area (Å²) in [4.78, 5) is 27.7. The molecule has 0 saturated carbocycles. The molecule has 0 atom stereocenters. The Hall–Kier alpha value is -2.67. The molecule has 2 aromatic rings. The molecule has 1 aliphatic rings. The van der Waals surface area contributed by atoms with Gasteiger partial charge in [0.1, 0.15) is 11.4 Å². The molecule has 0 radical (unpaired) electrons. The van der Waals surface area contributed by atoms with Crippen LogP contribution in [0.2, 0.25) is 0 Å². The maximum atomic E-state index is 13.5. The molecule has 1 fully saturated rings. The number of nitrogens with one attached hydrogen (secondary N) is 2. The van der Waals surface area contributed by atoms with Gasteiger partial charge in [0.2, 0.25) is 11.8 Å². The van der Waals surface area contributed by atoms with Crippen molar-refractivity contribution in [2.45, 2.75) is 18.4 Å². The molecule has 0 bridgehead atoms. The van der Waals surface area contributed by atoms with Crippen LogP contribution in [0.15, 0.2) is 47.9 Å². The maximum Gasteiger partial charge on any atom is 0.246 e. The second-order valence-electron chi connectivity index (χ2n) is 6.47. The zero-order valence-electron chi connectivity index (χ0n) is 15.1. The van der Waals surface area contributed by atoms with Gasteiger partial charge in [-0.25, -0.2) is 4.39 Å². The molecule has 0 aliphatic carbocycles. The van der Waals surface area contributed by atoms with E-state index in [4.69, 9.17) is 0 Å². The van der Waals surface area contributed by atoms with Crippen LogP contribution in [0.4, 0.5) is 10.1 Å². The van der Waals surface area contributed by atoms with Crippen molar-refractivity contribution in [3.63, 3.8) is 0 Å². The number of benzene rings is 1. The summed E-state index contributed by atoms with van der Waals surface area (Å²) in [6.45, 7) is 0.896. The lowest BCUT2D eigenvalue weighted by molar-refractivity contribution is -0.132. The van der Waals surface area contributed by atoms with Crippen LogP contribution < -0.4 is 10.6 Å². The van der Waals surface area contributed by atoms with E-state index in [1.54, 1.807) is 47.6 Å². The van der Waals surface area contributed by atoms with Gasteiger partial charge < -0.3 is 15.5 Å². The summed E-state index contributed by atoms with van der Waals surface area (Å²) in [5.74, 6) is -0.592. The molecule has 2 amide bonds. The number of nitrogens with zero attached hydrogens (tertiary/aromatic N) is 1. The van der Waals surface area contributed by atoms with Gasteiger partial charge in [-0.3, -0.25) is 9.59 Å². The summed E-state index contributed by atoms with van der Waals surface area (Å²) in [6, 6.07) is 9.94. The van der Waals surface area contributed by atoms with Gasteiger partial charge in [-0.2, -0.15) is 0 Å². The van der Waals surface area contributed by atoms with E-state index < -0.39 is 5.54 Å². The minimum absolute atomic E-state index is 0.0698. The first kappa shape index (κ1) is 19.1. The predicted molar refractivity (Wildman–Crippen MR) is 106 cm³/mol. The molecule has 5 nitrogen and oxygen atoms in total. The standard InChI is InChI=1S/C20H22FN3O2S/c1-22-19(26)20(23-16-5-2-4-15(21)14-16)9-11-24(12-10-20)18(25)8-7-17-6-3-13-27-17/h2-8,13-14,23H,9-12H2,1H3,(H,22,26)/b8-7+. The lowest BCUT2D eigenvalue weighted by atomic mass is 9.86. The fourth-order valence-electron chi connectivity index (χ4n) is 3.24. The third-order valence-electron chi connectivity index (χ3n) is 4.73. The second kappa shape index (κ2) is 8.35. The summed E-state index contributed by atoms with van der Waals surface area (Å²) >= 11 is 1.57. The third kappa shape index (κ3) is 4.54. The number of carbonyl (C=O) groups excluding carboxylic acids is 2. The number of halogens is 1. The largest absolute Gasteiger partial charge is 0.371 e. The molecular weight excluding hydrogens is 365 g/mol. The van der Waals surface area contributed by atoms with Gasteiger partial charge in [-0.05, 0) is 48.6 Å². The van der Waals surface area contributed by atoms with Crippen molar-refractivity contribution in [3.05, 3.63) is 58.5 Å². The molecule has 0 unspecified atom stereocenters. The fraction of sp³-hybridized carbons (Fsp3) is 0.300. The van der Waals surface area contributed by atoms with E-state index in [0.29, 0.717) is 31.6 Å². The molecule has 27 heavy (non-hydrogen) atoms. The topological polar surface area (TPSA) is 61.4 Å². The van der Waals surface area contributed by atoms with E-state index in [1.165, 1.54) is 12.1 Å². The van der Waals surface area contributed by atoms with Crippen molar-refractivity contribution in [2.75, 3.05) is 25.5 Å².